The van der Waals surface area contributed by atoms with Gasteiger partial charge in [-0.2, -0.15) is 0 Å². The first-order chi connectivity index (χ1) is 14.9. The Morgan fingerprint density at radius 3 is 2.45 bits per heavy atom. The summed E-state index contributed by atoms with van der Waals surface area (Å²) < 4.78 is 13.5. The molecule has 158 valence electrons. The van der Waals surface area contributed by atoms with E-state index < -0.39 is 0 Å². The van der Waals surface area contributed by atoms with E-state index in [4.69, 9.17) is 0 Å². The van der Waals surface area contributed by atoms with Crippen LogP contribution in [0.15, 0.2) is 84.9 Å². The molecule has 31 heavy (non-hydrogen) atoms. The molecule has 0 spiro atoms. The molecule has 5 heteroatoms. The first kappa shape index (κ1) is 22.0. The molecule has 3 aromatic carbocycles. The van der Waals surface area contributed by atoms with Crippen LogP contribution in [0, 0.1) is 5.82 Å². The molecule has 4 nitrogen and oxygen atoms in total. The lowest BCUT2D eigenvalue weighted by atomic mass is 10.0. The lowest BCUT2D eigenvalue weighted by Crippen LogP contribution is -2.31. The number of carbonyl (C=O) groups excluding carboxylic acids is 2. The minimum absolute atomic E-state index is 0.153. The van der Waals surface area contributed by atoms with Gasteiger partial charge in [0.1, 0.15) is 5.82 Å². The molecule has 0 saturated heterocycles. The van der Waals surface area contributed by atoms with Crippen LogP contribution in [0.25, 0.3) is 6.08 Å². The third kappa shape index (κ3) is 6.37. The van der Waals surface area contributed by atoms with Gasteiger partial charge in [0.15, 0.2) is 0 Å². The quantitative estimate of drug-likeness (QED) is 0.511. The number of nitrogens with zero attached hydrogens (tertiary/aromatic N) is 1. The summed E-state index contributed by atoms with van der Waals surface area (Å²) in [6.07, 6.45) is 3.08. The normalized spacial score (nSPS) is 11.8. The number of nitrogens with one attached hydrogen (secondary N) is 1. The number of anilines is 1. The molecule has 0 radical (unpaired) electrons. The minimum Gasteiger partial charge on any atom is -0.328 e. The molecule has 0 aliphatic heterocycles. The Morgan fingerprint density at radius 1 is 1.00 bits per heavy atom. The predicted molar refractivity (Wildman–Crippen MR) is 122 cm³/mol. The third-order valence-corrected chi connectivity index (χ3v) is 4.90. The number of benzene rings is 3. The standard InChI is InChI=1S/C26H25FN2O2/c1-19(23-11-7-13-25(17-23)28-20(2)30)29(18-22-8-4-3-5-9-22)26(31)15-14-21-10-6-12-24(27)16-21/h3-17,19H,18H2,1-2H3,(H,28,30). The zero-order chi connectivity index (χ0) is 22.2. The van der Waals surface area contributed by atoms with Crippen LogP contribution in [0.3, 0.4) is 0 Å². The fraction of sp³-hybridized carbons (Fsp3) is 0.154. The van der Waals surface area contributed by atoms with Gasteiger partial charge in [-0.25, -0.2) is 4.39 Å². The van der Waals surface area contributed by atoms with Crippen LogP contribution in [0.5, 0.6) is 0 Å². The van der Waals surface area contributed by atoms with Crippen LogP contribution in [0.4, 0.5) is 10.1 Å². The summed E-state index contributed by atoms with van der Waals surface area (Å²) in [6.45, 7) is 3.82. The highest BCUT2D eigenvalue weighted by atomic mass is 19.1. The second-order valence-electron chi connectivity index (χ2n) is 7.32. The highest BCUT2D eigenvalue weighted by Crippen LogP contribution is 2.25. The summed E-state index contributed by atoms with van der Waals surface area (Å²) >= 11 is 0. The minimum atomic E-state index is -0.348. The Balaban J connectivity index is 1.88. The second-order valence-corrected chi connectivity index (χ2v) is 7.32. The molecule has 3 rings (SSSR count). The van der Waals surface area contributed by atoms with Crippen molar-refractivity contribution in [3.05, 3.63) is 107 Å². The van der Waals surface area contributed by atoms with Crippen molar-refractivity contribution in [2.75, 3.05) is 5.32 Å². The Hall–Kier alpha value is -3.73. The number of hydrogen-bond acceptors (Lipinski definition) is 2. The number of halogens is 1. The van der Waals surface area contributed by atoms with Crippen LogP contribution >= 0.6 is 0 Å². The maximum absolute atomic E-state index is 13.5. The summed E-state index contributed by atoms with van der Waals surface area (Å²) in [4.78, 5) is 26.3. The Labute approximate surface area is 182 Å². The summed E-state index contributed by atoms with van der Waals surface area (Å²) in [6, 6.07) is 23.0. The zero-order valence-corrected chi connectivity index (χ0v) is 17.6. The van der Waals surface area contributed by atoms with Crippen molar-refractivity contribution in [3.8, 4) is 0 Å². The van der Waals surface area contributed by atoms with Gasteiger partial charge in [0.2, 0.25) is 11.8 Å². The fourth-order valence-electron chi connectivity index (χ4n) is 3.32. The molecule has 2 amide bonds. The average Bonchev–Trinajstić information content (AvgIpc) is 2.76. The Kier molecular flexibility index (Phi) is 7.33. The molecule has 0 heterocycles. The maximum atomic E-state index is 13.5. The molecule has 1 unspecified atom stereocenters. The van der Waals surface area contributed by atoms with Crippen LogP contribution in [0.1, 0.15) is 36.6 Å². The largest absolute Gasteiger partial charge is 0.328 e. The molecule has 3 aromatic rings. The zero-order valence-electron chi connectivity index (χ0n) is 17.6. The number of rotatable bonds is 7. The van der Waals surface area contributed by atoms with Gasteiger partial charge in [0, 0.05) is 25.2 Å². The third-order valence-electron chi connectivity index (χ3n) is 4.90. The van der Waals surface area contributed by atoms with Crippen molar-refractivity contribution in [2.24, 2.45) is 0 Å². The van der Waals surface area contributed by atoms with Crippen molar-refractivity contribution in [1.82, 2.24) is 4.90 Å². The molecule has 0 aliphatic carbocycles. The topological polar surface area (TPSA) is 49.4 Å². The van der Waals surface area contributed by atoms with E-state index in [-0.39, 0.29) is 23.7 Å². The summed E-state index contributed by atoms with van der Waals surface area (Å²) in [5.74, 6) is -0.690. The lowest BCUT2D eigenvalue weighted by Gasteiger charge is -2.29. The summed E-state index contributed by atoms with van der Waals surface area (Å²) in [7, 11) is 0. The second kappa shape index (κ2) is 10.3. The van der Waals surface area contributed by atoms with E-state index in [9.17, 15) is 14.0 Å². The van der Waals surface area contributed by atoms with E-state index in [1.54, 1.807) is 23.1 Å². The lowest BCUT2D eigenvalue weighted by molar-refractivity contribution is -0.128. The SMILES string of the molecule is CC(=O)Nc1cccc(C(C)N(Cc2ccccc2)C(=O)C=Cc2cccc(F)c2)c1. The van der Waals surface area contributed by atoms with E-state index in [0.717, 1.165) is 11.1 Å². The number of hydrogen-bond donors (Lipinski definition) is 1. The number of carbonyl (C=O) groups is 2. The maximum Gasteiger partial charge on any atom is 0.247 e. The van der Waals surface area contributed by atoms with Crippen molar-refractivity contribution in [2.45, 2.75) is 26.4 Å². The van der Waals surface area contributed by atoms with Gasteiger partial charge in [-0.05, 0) is 54.0 Å². The van der Waals surface area contributed by atoms with E-state index in [1.165, 1.54) is 25.1 Å². The Bertz CT molecular complexity index is 1080. The predicted octanol–water partition coefficient (Wildman–Crippen LogP) is 5.59. The van der Waals surface area contributed by atoms with Crippen LogP contribution in [-0.2, 0) is 16.1 Å². The van der Waals surface area contributed by atoms with Crippen molar-refractivity contribution < 1.29 is 14.0 Å². The molecule has 0 fully saturated rings. The van der Waals surface area contributed by atoms with E-state index in [1.807, 2.05) is 61.5 Å². The van der Waals surface area contributed by atoms with Gasteiger partial charge < -0.3 is 10.2 Å². The molecule has 1 N–H and O–H groups in total. The average molecular weight is 416 g/mol. The fourth-order valence-corrected chi connectivity index (χ4v) is 3.32. The molecular weight excluding hydrogens is 391 g/mol. The smallest absolute Gasteiger partial charge is 0.247 e. The van der Waals surface area contributed by atoms with Gasteiger partial charge in [-0.1, -0.05) is 54.6 Å². The van der Waals surface area contributed by atoms with Crippen molar-refractivity contribution in [3.63, 3.8) is 0 Å². The van der Waals surface area contributed by atoms with E-state index >= 15 is 0 Å². The van der Waals surface area contributed by atoms with E-state index in [2.05, 4.69) is 5.32 Å². The first-order valence-electron chi connectivity index (χ1n) is 10.1. The summed E-state index contributed by atoms with van der Waals surface area (Å²) in [5.41, 5.74) is 3.20. The van der Waals surface area contributed by atoms with Gasteiger partial charge in [0.25, 0.3) is 0 Å². The molecule has 0 aliphatic rings. The summed E-state index contributed by atoms with van der Waals surface area (Å²) in [5, 5.41) is 2.78. The van der Waals surface area contributed by atoms with Gasteiger partial charge >= 0.3 is 0 Å². The van der Waals surface area contributed by atoms with Crippen molar-refractivity contribution >= 4 is 23.6 Å². The molecule has 0 saturated carbocycles. The van der Waals surface area contributed by atoms with Gasteiger partial charge in [-0.3, -0.25) is 9.59 Å². The molecule has 0 aromatic heterocycles. The molecular formula is C26H25FN2O2. The highest BCUT2D eigenvalue weighted by molar-refractivity contribution is 5.92. The Morgan fingerprint density at radius 2 is 1.74 bits per heavy atom. The van der Waals surface area contributed by atoms with Crippen molar-refractivity contribution in [1.29, 1.82) is 0 Å². The highest BCUT2D eigenvalue weighted by Gasteiger charge is 2.20. The van der Waals surface area contributed by atoms with E-state index in [0.29, 0.717) is 17.8 Å². The van der Waals surface area contributed by atoms with Crippen LogP contribution in [-0.4, -0.2) is 16.7 Å². The van der Waals surface area contributed by atoms with Crippen LogP contribution in [0.2, 0.25) is 0 Å². The van der Waals surface area contributed by atoms with Crippen LogP contribution < -0.4 is 5.32 Å². The monoisotopic (exact) mass is 416 g/mol. The molecule has 1 atom stereocenters. The van der Waals surface area contributed by atoms with Gasteiger partial charge in [-0.15, -0.1) is 0 Å². The molecule has 0 bridgehead atoms. The number of amides is 2. The van der Waals surface area contributed by atoms with Gasteiger partial charge in [0.05, 0.1) is 6.04 Å². The first-order valence-corrected chi connectivity index (χ1v) is 10.1.